The number of thiazole rings is 1. The second kappa shape index (κ2) is 5.66. The molecule has 2 aromatic heterocycles. The Kier molecular flexibility index (Phi) is 4.20. The molecule has 2 rings (SSSR count). The molecule has 0 saturated heterocycles. The second-order valence-electron chi connectivity index (χ2n) is 3.23. The monoisotopic (exact) mass is 286 g/mol. The van der Waals surface area contributed by atoms with Crippen molar-refractivity contribution in [2.24, 2.45) is 0 Å². The zero-order valence-electron chi connectivity index (χ0n) is 9.40. The van der Waals surface area contributed by atoms with Crippen LogP contribution in [0.15, 0.2) is 20.9 Å². The topological polar surface area (TPSA) is 50.7 Å². The maximum Gasteiger partial charge on any atom is 0.223 e. The van der Waals surface area contributed by atoms with Gasteiger partial charge in [-0.3, -0.25) is 0 Å². The molecule has 4 nitrogen and oxygen atoms in total. The van der Waals surface area contributed by atoms with Gasteiger partial charge in [-0.25, -0.2) is 15.0 Å². The number of anilines is 1. The Labute approximate surface area is 113 Å². The van der Waals surface area contributed by atoms with Crippen LogP contribution >= 0.6 is 34.7 Å². The first kappa shape index (κ1) is 12.6. The van der Waals surface area contributed by atoms with Crippen LogP contribution in [0.3, 0.4) is 0 Å². The summed E-state index contributed by atoms with van der Waals surface area (Å²) in [4.78, 5) is 12.8. The summed E-state index contributed by atoms with van der Waals surface area (Å²) < 4.78 is 0.936. The van der Waals surface area contributed by atoms with Gasteiger partial charge in [-0.05, 0) is 25.6 Å². The summed E-state index contributed by atoms with van der Waals surface area (Å²) in [6, 6.07) is 0. The van der Waals surface area contributed by atoms with Gasteiger partial charge in [0.15, 0.2) is 4.34 Å². The predicted molar refractivity (Wildman–Crippen MR) is 72.2 cm³/mol. The fraction of sp³-hybridized carbons (Fsp3) is 0.300. The first-order chi connectivity index (χ1) is 8.19. The van der Waals surface area contributed by atoms with Gasteiger partial charge in [0.25, 0.3) is 0 Å². The number of hydrogen-bond acceptors (Lipinski definition) is 6. The van der Waals surface area contributed by atoms with E-state index in [0.29, 0.717) is 11.0 Å². The normalized spacial score (nSPS) is 10.5. The molecule has 0 fully saturated rings. The highest BCUT2D eigenvalue weighted by Gasteiger charge is 2.09. The zero-order valence-corrected chi connectivity index (χ0v) is 11.8. The molecular formula is C10H11ClN4S2. The second-order valence-corrected chi connectivity index (χ2v) is 5.74. The molecule has 0 atom stereocenters. The molecule has 2 aromatic rings. The van der Waals surface area contributed by atoms with Gasteiger partial charge in [0, 0.05) is 17.6 Å². The van der Waals surface area contributed by atoms with Crippen molar-refractivity contribution in [1.82, 2.24) is 15.0 Å². The van der Waals surface area contributed by atoms with Crippen molar-refractivity contribution < 1.29 is 0 Å². The number of halogens is 1. The summed E-state index contributed by atoms with van der Waals surface area (Å²) in [6.45, 7) is 4.74. The van der Waals surface area contributed by atoms with E-state index in [-0.39, 0.29) is 0 Å². The number of hydrogen-bond donors (Lipinski definition) is 1. The molecule has 0 saturated carbocycles. The average molecular weight is 287 g/mol. The SMILES string of the molecule is CCNc1ncc(Cl)c(Sc2nc(C)cs2)n1. The van der Waals surface area contributed by atoms with Gasteiger partial charge in [0.05, 0.1) is 11.2 Å². The Morgan fingerprint density at radius 2 is 2.29 bits per heavy atom. The lowest BCUT2D eigenvalue weighted by molar-refractivity contribution is 1.01. The third kappa shape index (κ3) is 3.31. The maximum atomic E-state index is 6.06. The smallest absolute Gasteiger partial charge is 0.223 e. The van der Waals surface area contributed by atoms with E-state index in [1.54, 1.807) is 17.5 Å². The minimum Gasteiger partial charge on any atom is -0.354 e. The minimum atomic E-state index is 0.546. The van der Waals surface area contributed by atoms with Crippen LogP contribution in [-0.2, 0) is 0 Å². The van der Waals surface area contributed by atoms with Crippen molar-refractivity contribution >= 4 is 40.6 Å². The quantitative estimate of drug-likeness (QED) is 0.872. The first-order valence-electron chi connectivity index (χ1n) is 5.05. The molecule has 0 aliphatic heterocycles. The largest absolute Gasteiger partial charge is 0.354 e. The first-order valence-corrected chi connectivity index (χ1v) is 7.13. The summed E-state index contributed by atoms with van der Waals surface area (Å²) in [7, 11) is 0. The van der Waals surface area contributed by atoms with Gasteiger partial charge in [-0.15, -0.1) is 11.3 Å². The van der Waals surface area contributed by atoms with Crippen molar-refractivity contribution in [2.75, 3.05) is 11.9 Å². The fourth-order valence-corrected chi connectivity index (χ4v) is 3.07. The average Bonchev–Trinajstić information content (AvgIpc) is 2.69. The van der Waals surface area contributed by atoms with E-state index in [1.165, 1.54) is 11.8 Å². The number of nitrogens with one attached hydrogen (secondary N) is 1. The molecule has 0 unspecified atom stereocenters. The van der Waals surface area contributed by atoms with Crippen molar-refractivity contribution in [3.8, 4) is 0 Å². The van der Waals surface area contributed by atoms with Crippen molar-refractivity contribution in [2.45, 2.75) is 23.2 Å². The third-order valence-corrected chi connectivity index (χ3v) is 4.28. The molecule has 0 amide bonds. The van der Waals surface area contributed by atoms with Gasteiger partial charge in [0.2, 0.25) is 5.95 Å². The Morgan fingerprint density at radius 3 is 2.94 bits per heavy atom. The van der Waals surface area contributed by atoms with Crippen LogP contribution in [0, 0.1) is 6.92 Å². The van der Waals surface area contributed by atoms with Crippen LogP contribution in [0.5, 0.6) is 0 Å². The maximum absolute atomic E-state index is 6.06. The minimum absolute atomic E-state index is 0.546. The van der Waals surface area contributed by atoms with Crippen LogP contribution < -0.4 is 5.32 Å². The molecule has 0 aromatic carbocycles. The molecule has 90 valence electrons. The van der Waals surface area contributed by atoms with E-state index in [9.17, 15) is 0 Å². The lowest BCUT2D eigenvalue weighted by atomic mass is 10.6. The van der Waals surface area contributed by atoms with E-state index in [1.807, 2.05) is 19.2 Å². The van der Waals surface area contributed by atoms with Crippen molar-refractivity contribution in [3.63, 3.8) is 0 Å². The van der Waals surface area contributed by atoms with Crippen LogP contribution in [0.1, 0.15) is 12.6 Å². The summed E-state index contributed by atoms with van der Waals surface area (Å²) in [5, 5.41) is 6.33. The van der Waals surface area contributed by atoms with E-state index in [4.69, 9.17) is 11.6 Å². The molecular weight excluding hydrogens is 276 g/mol. The predicted octanol–water partition coefficient (Wildman–Crippen LogP) is 3.48. The van der Waals surface area contributed by atoms with Gasteiger partial charge >= 0.3 is 0 Å². The van der Waals surface area contributed by atoms with Crippen molar-refractivity contribution in [3.05, 3.63) is 22.3 Å². The lowest BCUT2D eigenvalue weighted by Gasteiger charge is -2.04. The van der Waals surface area contributed by atoms with Gasteiger partial charge < -0.3 is 5.32 Å². The van der Waals surface area contributed by atoms with Gasteiger partial charge in [-0.1, -0.05) is 11.6 Å². The molecule has 0 aliphatic rings. The Hall–Kier alpha value is -0.850. The summed E-state index contributed by atoms with van der Waals surface area (Å²) >= 11 is 9.10. The van der Waals surface area contributed by atoms with E-state index in [2.05, 4.69) is 20.3 Å². The Bertz CT molecular complexity index is 515. The summed E-state index contributed by atoms with van der Waals surface area (Å²) in [5.41, 5.74) is 1.01. The Balaban J connectivity index is 2.22. The number of aromatic nitrogens is 3. The van der Waals surface area contributed by atoms with Gasteiger partial charge in [-0.2, -0.15) is 0 Å². The van der Waals surface area contributed by atoms with Crippen LogP contribution in [0.2, 0.25) is 5.02 Å². The van der Waals surface area contributed by atoms with Gasteiger partial charge in [0.1, 0.15) is 5.03 Å². The van der Waals surface area contributed by atoms with E-state index >= 15 is 0 Å². The highest BCUT2D eigenvalue weighted by Crippen LogP contribution is 2.33. The molecule has 1 N–H and O–H groups in total. The summed E-state index contributed by atoms with van der Waals surface area (Å²) in [6.07, 6.45) is 1.61. The number of nitrogens with zero attached hydrogens (tertiary/aromatic N) is 3. The van der Waals surface area contributed by atoms with E-state index in [0.717, 1.165) is 21.6 Å². The molecule has 2 heterocycles. The Morgan fingerprint density at radius 1 is 1.47 bits per heavy atom. The molecule has 0 radical (unpaired) electrons. The molecule has 0 bridgehead atoms. The third-order valence-electron chi connectivity index (χ3n) is 1.83. The number of aryl methyl sites for hydroxylation is 1. The van der Waals surface area contributed by atoms with Crippen LogP contribution in [0.25, 0.3) is 0 Å². The van der Waals surface area contributed by atoms with E-state index < -0.39 is 0 Å². The van der Waals surface area contributed by atoms with Crippen LogP contribution in [-0.4, -0.2) is 21.5 Å². The number of rotatable bonds is 4. The lowest BCUT2D eigenvalue weighted by Crippen LogP contribution is -2.02. The molecule has 0 aliphatic carbocycles. The highest BCUT2D eigenvalue weighted by molar-refractivity contribution is 8.01. The van der Waals surface area contributed by atoms with Crippen molar-refractivity contribution in [1.29, 1.82) is 0 Å². The zero-order chi connectivity index (χ0) is 12.3. The molecule has 0 spiro atoms. The van der Waals surface area contributed by atoms with Crippen LogP contribution in [0.4, 0.5) is 5.95 Å². The summed E-state index contributed by atoms with van der Waals surface area (Å²) in [5.74, 6) is 0.590. The molecule has 7 heteroatoms. The standard InChI is InChI=1S/C10H11ClN4S2/c1-3-12-9-13-4-7(11)8(15-9)17-10-14-6(2)5-16-10/h4-5H,3H2,1-2H3,(H,12,13,15). The molecule has 17 heavy (non-hydrogen) atoms. The highest BCUT2D eigenvalue weighted by atomic mass is 35.5. The fourth-order valence-electron chi connectivity index (χ4n) is 1.13.